The summed E-state index contributed by atoms with van der Waals surface area (Å²) in [4.78, 5) is 12.1. The number of halogens is 2. The van der Waals surface area contributed by atoms with Gasteiger partial charge in [-0.3, -0.25) is 14.2 Å². The van der Waals surface area contributed by atoms with Crippen molar-refractivity contribution in [3.63, 3.8) is 0 Å². The highest BCUT2D eigenvalue weighted by atomic mass is 35.5. The van der Waals surface area contributed by atoms with Gasteiger partial charge in [-0.15, -0.1) is 0 Å². The first kappa shape index (κ1) is 21.8. The SMILES string of the molecule is Cc1nn(C)c(C)c1CC(=O)Nc1cc(Cl)ccc1NS(=O)(=O)c1ccccc1F. The summed E-state index contributed by atoms with van der Waals surface area (Å²) >= 11 is 6.03. The molecule has 0 unspecified atom stereocenters. The van der Waals surface area contributed by atoms with Gasteiger partial charge in [-0.1, -0.05) is 23.7 Å². The van der Waals surface area contributed by atoms with E-state index >= 15 is 0 Å². The maximum Gasteiger partial charge on any atom is 0.264 e. The van der Waals surface area contributed by atoms with E-state index < -0.39 is 20.7 Å². The number of aryl methyl sites for hydroxylation is 2. The molecule has 1 aromatic heterocycles. The molecule has 0 bridgehead atoms. The van der Waals surface area contributed by atoms with Gasteiger partial charge in [0.05, 0.1) is 23.5 Å². The van der Waals surface area contributed by atoms with Gasteiger partial charge in [-0.25, -0.2) is 12.8 Å². The Labute approximate surface area is 178 Å². The van der Waals surface area contributed by atoms with Crippen molar-refractivity contribution in [3.05, 3.63) is 70.3 Å². The minimum absolute atomic E-state index is 0.0531. The molecule has 0 aliphatic rings. The molecule has 0 saturated heterocycles. The monoisotopic (exact) mass is 450 g/mol. The number of carbonyl (C=O) groups excluding carboxylic acids is 1. The number of nitrogens with zero attached hydrogens (tertiary/aromatic N) is 2. The molecular formula is C20H20ClFN4O3S. The molecule has 10 heteroatoms. The highest BCUT2D eigenvalue weighted by Gasteiger charge is 2.21. The van der Waals surface area contributed by atoms with Gasteiger partial charge in [0, 0.05) is 23.3 Å². The average Bonchev–Trinajstić information content (AvgIpc) is 2.90. The van der Waals surface area contributed by atoms with E-state index in [2.05, 4.69) is 15.1 Å². The Morgan fingerprint density at radius 2 is 1.87 bits per heavy atom. The van der Waals surface area contributed by atoms with Gasteiger partial charge >= 0.3 is 0 Å². The van der Waals surface area contributed by atoms with Gasteiger partial charge in [-0.05, 0) is 44.2 Å². The number of anilines is 2. The van der Waals surface area contributed by atoms with Crippen molar-refractivity contribution in [1.82, 2.24) is 9.78 Å². The lowest BCUT2D eigenvalue weighted by atomic mass is 10.1. The number of amides is 1. The van der Waals surface area contributed by atoms with Crippen molar-refractivity contribution in [2.75, 3.05) is 10.0 Å². The Balaban J connectivity index is 1.87. The lowest BCUT2D eigenvalue weighted by Gasteiger charge is -2.14. The maximum atomic E-state index is 14.0. The molecule has 2 N–H and O–H groups in total. The third-order valence-electron chi connectivity index (χ3n) is 4.62. The predicted molar refractivity (Wildman–Crippen MR) is 114 cm³/mol. The molecule has 0 aliphatic heterocycles. The summed E-state index contributed by atoms with van der Waals surface area (Å²) in [6, 6.07) is 9.30. The summed E-state index contributed by atoms with van der Waals surface area (Å²) in [5.74, 6) is -1.25. The molecule has 0 aliphatic carbocycles. The van der Waals surface area contributed by atoms with Crippen LogP contribution in [0.4, 0.5) is 15.8 Å². The van der Waals surface area contributed by atoms with Gasteiger partial charge in [0.25, 0.3) is 10.0 Å². The molecular weight excluding hydrogens is 431 g/mol. The van der Waals surface area contributed by atoms with Crippen LogP contribution in [0.15, 0.2) is 47.4 Å². The van der Waals surface area contributed by atoms with Crippen LogP contribution in [0, 0.1) is 19.7 Å². The normalized spacial score (nSPS) is 11.4. The Morgan fingerprint density at radius 3 is 2.50 bits per heavy atom. The lowest BCUT2D eigenvalue weighted by Crippen LogP contribution is -2.19. The zero-order valence-electron chi connectivity index (χ0n) is 16.5. The fourth-order valence-electron chi connectivity index (χ4n) is 3.00. The van der Waals surface area contributed by atoms with Crippen molar-refractivity contribution < 1.29 is 17.6 Å². The zero-order chi connectivity index (χ0) is 22.1. The molecule has 0 radical (unpaired) electrons. The molecule has 0 spiro atoms. The predicted octanol–water partition coefficient (Wildman–Crippen LogP) is 3.81. The van der Waals surface area contributed by atoms with E-state index in [-0.39, 0.29) is 23.7 Å². The third-order valence-corrected chi connectivity index (χ3v) is 6.26. The molecule has 30 heavy (non-hydrogen) atoms. The number of aromatic nitrogens is 2. The van der Waals surface area contributed by atoms with Crippen molar-refractivity contribution >= 4 is 38.9 Å². The Morgan fingerprint density at radius 1 is 1.17 bits per heavy atom. The van der Waals surface area contributed by atoms with Crippen LogP contribution >= 0.6 is 11.6 Å². The molecule has 0 saturated carbocycles. The smallest absolute Gasteiger partial charge is 0.264 e. The number of hydrogen-bond acceptors (Lipinski definition) is 4. The summed E-state index contributed by atoms with van der Waals surface area (Å²) < 4.78 is 43.2. The van der Waals surface area contributed by atoms with Crippen LogP contribution < -0.4 is 10.0 Å². The zero-order valence-corrected chi connectivity index (χ0v) is 18.1. The Bertz CT molecular complexity index is 1220. The second kappa shape index (κ2) is 8.45. The first-order valence-electron chi connectivity index (χ1n) is 8.94. The number of sulfonamides is 1. The van der Waals surface area contributed by atoms with E-state index in [1.165, 1.54) is 30.3 Å². The van der Waals surface area contributed by atoms with Crippen molar-refractivity contribution in [2.24, 2.45) is 7.05 Å². The van der Waals surface area contributed by atoms with E-state index in [9.17, 15) is 17.6 Å². The maximum absolute atomic E-state index is 14.0. The van der Waals surface area contributed by atoms with E-state index in [0.717, 1.165) is 29.1 Å². The van der Waals surface area contributed by atoms with Gasteiger partial charge in [-0.2, -0.15) is 5.10 Å². The summed E-state index contributed by atoms with van der Waals surface area (Å²) in [5.41, 5.74) is 2.60. The van der Waals surface area contributed by atoms with Crippen molar-refractivity contribution in [2.45, 2.75) is 25.2 Å². The number of hydrogen-bond donors (Lipinski definition) is 2. The lowest BCUT2D eigenvalue weighted by molar-refractivity contribution is -0.115. The van der Waals surface area contributed by atoms with Gasteiger partial charge in [0.2, 0.25) is 5.91 Å². The van der Waals surface area contributed by atoms with Gasteiger partial charge in [0.1, 0.15) is 10.7 Å². The average molecular weight is 451 g/mol. The molecule has 3 rings (SSSR count). The molecule has 0 fully saturated rings. The second-order valence-electron chi connectivity index (χ2n) is 6.72. The van der Waals surface area contributed by atoms with Crippen LogP contribution in [0.5, 0.6) is 0 Å². The van der Waals surface area contributed by atoms with Gasteiger partial charge in [0.15, 0.2) is 0 Å². The fourth-order valence-corrected chi connectivity index (χ4v) is 4.33. The number of benzene rings is 2. The highest BCUT2D eigenvalue weighted by Crippen LogP contribution is 2.29. The first-order chi connectivity index (χ1) is 14.1. The van der Waals surface area contributed by atoms with Crippen molar-refractivity contribution in [3.8, 4) is 0 Å². The van der Waals surface area contributed by atoms with Crippen LogP contribution in [0.2, 0.25) is 5.02 Å². The molecule has 3 aromatic rings. The summed E-state index contributed by atoms with van der Waals surface area (Å²) in [5, 5.41) is 7.25. The first-order valence-corrected chi connectivity index (χ1v) is 10.8. The van der Waals surface area contributed by atoms with Crippen LogP contribution in [-0.2, 0) is 28.3 Å². The standard InChI is InChI=1S/C20H20ClFN4O3S/c1-12-15(13(2)26(3)24-12)11-20(27)23-18-10-14(21)8-9-17(18)25-30(28,29)19-7-5-4-6-16(19)22/h4-10,25H,11H2,1-3H3,(H,23,27). The van der Waals surface area contributed by atoms with E-state index in [0.29, 0.717) is 5.02 Å². The molecule has 2 aromatic carbocycles. The van der Waals surface area contributed by atoms with Crippen molar-refractivity contribution in [1.29, 1.82) is 0 Å². The molecule has 0 atom stereocenters. The number of rotatable bonds is 6. The van der Waals surface area contributed by atoms with E-state index in [4.69, 9.17) is 11.6 Å². The second-order valence-corrected chi connectivity index (χ2v) is 8.81. The van der Waals surface area contributed by atoms with Crippen LogP contribution in [0.25, 0.3) is 0 Å². The Hall–Kier alpha value is -2.91. The minimum atomic E-state index is -4.22. The molecule has 7 nitrogen and oxygen atoms in total. The number of carbonyl (C=O) groups is 1. The topological polar surface area (TPSA) is 93.1 Å². The highest BCUT2D eigenvalue weighted by molar-refractivity contribution is 7.92. The Kier molecular flexibility index (Phi) is 6.14. The van der Waals surface area contributed by atoms with Gasteiger partial charge < -0.3 is 5.32 Å². The summed E-state index contributed by atoms with van der Waals surface area (Å²) in [7, 11) is -2.43. The number of nitrogens with one attached hydrogen (secondary N) is 2. The van der Waals surface area contributed by atoms with Crippen LogP contribution in [0.3, 0.4) is 0 Å². The molecule has 158 valence electrons. The largest absolute Gasteiger partial charge is 0.324 e. The molecule has 1 amide bonds. The fraction of sp³-hybridized carbons (Fsp3) is 0.200. The van der Waals surface area contributed by atoms with E-state index in [1.807, 2.05) is 13.8 Å². The van der Waals surface area contributed by atoms with E-state index in [1.54, 1.807) is 11.7 Å². The van der Waals surface area contributed by atoms with Crippen LogP contribution in [0.1, 0.15) is 17.0 Å². The quantitative estimate of drug-likeness (QED) is 0.597. The third kappa shape index (κ3) is 4.63. The molecule has 1 heterocycles. The van der Waals surface area contributed by atoms with Crippen LogP contribution in [-0.4, -0.2) is 24.1 Å². The summed E-state index contributed by atoms with van der Waals surface area (Å²) in [6.45, 7) is 3.67. The summed E-state index contributed by atoms with van der Waals surface area (Å²) in [6.07, 6.45) is 0.0531. The minimum Gasteiger partial charge on any atom is -0.324 e.